The normalized spacial score (nSPS) is 10.5. The standard InChI is InChI=1S/C16H15ClN4O/c1-11-19-15(18-10-14-6-3-7-22-14)9-16(20-11)21-13-5-2-4-12(17)8-13/h2-9H,10H2,1H3,(H2,18,19,20,21). The van der Waals surface area contributed by atoms with E-state index in [9.17, 15) is 0 Å². The summed E-state index contributed by atoms with van der Waals surface area (Å²) in [5.41, 5.74) is 0.877. The second-order valence-electron chi connectivity index (χ2n) is 4.75. The zero-order valence-corrected chi connectivity index (χ0v) is 12.8. The third-order valence-corrected chi connectivity index (χ3v) is 3.19. The molecule has 0 aliphatic carbocycles. The Hall–Kier alpha value is -2.53. The molecule has 0 unspecified atom stereocenters. The number of nitrogens with zero attached hydrogens (tertiary/aromatic N) is 2. The molecule has 112 valence electrons. The second-order valence-corrected chi connectivity index (χ2v) is 5.19. The number of hydrogen-bond donors (Lipinski definition) is 2. The summed E-state index contributed by atoms with van der Waals surface area (Å²) in [6.07, 6.45) is 1.65. The molecule has 5 nitrogen and oxygen atoms in total. The van der Waals surface area contributed by atoms with Crippen molar-refractivity contribution in [2.45, 2.75) is 13.5 Å². The van der Waals surface area contributed by atoms with Gasteiger partial charge < -0.3 is 15.1 Å². The van der Waals surface area contributed by atoms with Crippen LogP contribution in [0.25, 0.3) is 0 Å². The summed E-state index contributed by atoms with van der Waals surface area (Å²) in [6, 6.07) is 13.1. The number of halogens is 1. The molecule has 2 heterocycles. The molecule has 0 saturated carbocycles. The van der Waals surface area contributed by atoms with Gasteiger partial charge in [-0.15, -0.1) is 0 Å². The maximum atomic E-state index is 5.98. The van der Waals surface area contributed by atoms with Crippen LogP contribution in [-0.2, 0) is 6.54 Å². The van der Waals surface area contributed by atoms with Gasteiger partial charge in [-0.3, -0.25) is 0 Å². The highest BCUT2D eigenvalue weighted by Crippen LogP contribution is 2.20. The summed E-state index contributed by atoms with van der Waals surface area (Å²) in [5.74, 6) is 2.96. The summed E-state index contributed by atoms with van der Waals surface area (Å²) in [6.45, 7) is 2.42. The fourth-order valence-electron chi connectivity index (χ4n) is 2.03. The maximum Gasteiger partial charge on any atom is 0.136 e. The molecule has 3 aromatic rings. The van der Waals surface area contributed by atoms with Crippen LogP contribution in [0, 0.1) is 6.92 Å². The zero-order valence-electron chi connectivity index (χ0n) is 12.0. The monoisotopic (exact) mass is 314 g/mol. The number of aromatic nitrogens is 2. The Bertz CT molecular complexity index is 759. The van der Waals surface area contributed by atoms with Crippen molar-refractivity contribution >= 4 is 28.9 Å². The molecule has 0 radical (unpaired) electrons. The number of aryl methyl sites for hydroxylation is 1. The molecule has 22 heavy (non-hydrogen) atoms. The first-order valence-corrected chi connectivity index (χ1v) is 7.21. The first kappa shape index (κ1) is 14.4. The van der Waals surface area contributed by atoms with Crippen LogP contribution in [0.15, 0.2) is 53.1 Å². The van der Waals surface area contributed by atoms with Crippen LogP contribution in [0.3, 0.4) is 0 Å². The zero-order chi connectivity index (χ0) is 15.4. The number of anilines is 3. The Morgan fingerprint density at radius 2 is 1.95 bits per heavy atom. The molecule has 0 bridgehead atoms. The van der Waals surface area contributed by atoms with Gasteiger partial charge in [0.05, 0.1) is 12.8 Å². The Morgan fingerprint density at radius 3 is 2.73 bits per heavy atom. The van der Waals surface area contributed by atoms with Gasteiger partial charge in [0.1, 0.15) is 23.2 Å². The van der Waals surface area contributed by atoms with Crippen LogP contribution >= 0.6 is 11.6 Å². The minimum absolute atomic E-state index is 0.570. The fraction of sp³-hybridized carbons (Fsp3) is 0.125. The minimum Gasteiger partial charge on any atom is -0.467 e. The van der Waals surface area contributed by atoms with E-state index in [-0.39, 0.29) is 0 Å². The van der Waals surface area contributed by atoms with Crippen LogP contribution in [-0.4, -0.2) is 9.97 Å². The van der Waals surface area contributed by atoms with Gasteiger partial charge in [0, 0.05) is 16.8 Å². The van der Waals surface area contributed by atoms with Crippen LogP contribution in [0.5, 0.6) is 0 Å². The van der Waals surface area contributed by atoms with Crippen molar-refractivity contribution in [3.05, 3.63) is 65.3 Å². The predicted molar refractivity (Wildman–Crippen MR) is 87.5 cm³/mol. The molecular weight excluding hydrogens is 300 g/mol. The number of hydrogen-bond acceptors (Lipinski definition) is 5. The van der Waals surface area contributed by atoms with E-state index in [2.05, 4.69) is 20.6 Å². The van der Waals surface area contributed by atoms with Crippen molar-refractivity contribution in [2.75, 3.05) is 10.6 Å². The van der Waals surface area contributed by atoms with E-state index in [0.717, 1.165) is 17.3 Å². The molecule has 1 aromatic carbocycles. The summed E-state index contributed by atoms with van der Waals surface area (Å²) in [5, 5.41) is 7.11. The van der Waals surface area contributed by atoms with Crippen LogP contribution < -0.4 is 10.6 Å². The van der Waals surface area contributed by atoms with Gasteiger partial charge >= 0.3 is 0 Å². The van der Waals surface area contributed by atoms with E-state index in [1.165, 1.54) is 0 Å². The van der Waals surface area contributed by atoms with Gasteiger partial charge in [-0.25, -0.2) is 9.97 Å². The van der Waals surface area contributed by atoms with Crippen molar-refractivity contribution in [3.8, 4) is 0 Å². The predicted octanol–water partition coefficient (Wildman–Crippen LogP) is 4.39. The summed E-state index contributed by atoms with van der Waals surface area (Å²) in [7, 11) is 0. The molecule has 0 aliphatic rings. The maximum absolute atomic E-state index is 5.98. The van der Waals surface area contributed by atoms with Crippen molar-refractivity contribution in [1.29, 1.82) is 0 Å². The molecule has 3 rings (SSSR count). The molecule has 2 N–H and O–H groups in total. The van der Waals surface area contributed by atoms with Crippen molar-refractivity contribution in [2.24, 2.45) is 0 Å². The topological polar surface area (TPSA) is 63.0 Å². The van der Waals surface area contributed by atoms with Crippen LogP contribution in [0.1, 0.15) is 11.6 Å². The van der Waals surface area contributed by atoms with Gasteiger partial charge in [-0.2, -0.15) is 0 Å². The first-order chi connectivity index (χ1) is 10.7. The largest absolute Gasteiger partial charge is 0.467 e. The summed E-state index contributed by atoms with van der Waals surface area (Å²) >= 11 is 5.98. The molecule has 0 spiro atoms. The van der Waals surface area contributed by atoms with E-state index in [1.54, 1.807) is 6.26 Å². The molecule has 0 amide bonds. The highest BCUT2D eigenvalue weighted by molar-refractivity contribution is 6.30. The highest BCUT2D eigenvalue weighted by atomic mass is 35.5. The summed E-state index contributed by atoms with van der Waals surface area (Å²) in [4.78, 5) is 8.74. The Balaban J connectivity index is 1.74. The molecule has 6 heteroatoms. The van der Waals surface area contributed by atoms with Gasteiger partial charge in [-0.1, -0.05) is 17.7 Å². The second kappa shape index (κ2) is 6.49. The lowest BCUT2D eigenvalue weighted by molar-refractivity contribution is 0.518. The molecule has 2 aromatic heterocycles. The van der Waals surface area contributed by atoms with Crippen LogP contribution in [0.2, 0.25) is 5.02 Å². The lowest BCUT2D eigenvalue weighted by Gasteiger charge is -2.10. The number of furan rings is 1. The first-order valence-electron chi connectivity index (χ1n) is 6.83. The van der Waals surface area contributed by atoms with E-state index >= 15 is 0 Å². The average Bonchev–Trinajstić information content (AvgIpc) is 2.98. The Kier molecular flexibility index (Phi) is 4.25. The van der Waals surface area contributed by atoms with Gasteiger partial charge in [-0.05, 0) is 37.3 Å². The number of nitrogens with one attached hydrogen (secondary N) is 2. The lowest BCUT2D eigenvalue weighted by Crippen LogP contribution is -2.04. The van der Waals surface area contributed by atoms with E-state index in [0.29, 0.717) is 23.2 Å². The van der Waals surface area contributed by atoms with Crippen LogP contribution in [0.4, 0.5) is 17.3 Å². The summed E-state index contributed by atoms with van der Waals surface area (Å²) < 4.78 is 5.29. The quantitative estimate of drug-likeness (QED) is 0.731. The number of rotatable bonds is 5. The SMILES string of the molecule is Cc1nc(NCc2ccco2)cc(Nc2cccc(Cl)c2)n1. The van der Waals surface area contributed by atoms with Gasteiger partial charge in [0.25, 0.3) is 0 Å². The molecular formula is C16H15ClN4O. The van der Waals surface area contributed by atoms with E-state index in [4.69, 9.17) is 16.0 Å². The van der Waals surface area contributed by atoms with Crippen molar-refractivity contribution < 1.29 is 4.42 Å². The molecule has 0 fully saturated rings. The Labute approximate surface area is 133 Å². The van der Waals surface area contributed by atoms with Crippen molar-refractivity contribution in [1.82, 2.24) is 9.97 Å². The Morgan fingerprint density at radius 1 is 1.09 bits per heavy atom. The number of benzene rings is 1. The fourth-order valence-corrected chi connectivity index (χ4v) is 2.22. The molecule has 0 saturated heterocycles. The average molecular weight is 315 g/mol. The highest BCUT2D eigenvalue weighted by Gasteiger charge is 2.04. The van der Waals surface area contributed by atoms with Gasteiger partial charge in [0.15, 0.2) is 0 Å². The van der Waals surface area contributed by atoms with Gasteiger partial charge in [0.2, 0.25) is 0 Å². The lowest BCUT2D eigenvalue weighted by atomic mass is 10.3. The molecule has 0 atom stereocenters. The van der Waals surface area contributed by atoms with E-state index < -0.39 is 0 Å². The minimum atomic E-state index is 0.570. The third kappa shape index (κ3) is 3.77. The van der Waals surface area contributed by atoms with Crippen molar-refractivity contribution in [3.63, 3.8) is 0 Å². The third-order valence-electron chi connectivity index (χ3n) is 2.96. The van der Waals surface area contributed by atoms with E-state index in [1.807, 2.05) is 49.4 Å². The molecule has 0 aliphatic heterocycles. The smallest absolute Gasteiger partial charge is 0.136 e.